The van der Waals surface area contributed by atoms with Gasteiger partial charge in [0, 0.05) is 10.0 Å². The second-order valence-corrected chi connectivity index (χ2v) is 9.91. The van der Waals surface area contributed by atoms with Crippen molar-refractivity contribution in [1.82, 2.24) is 15.5 Å². The Morgan fingerprint density at radius 1 is 1.17 bits per heavy atom. The van der Waals surface area contributed by atoms with Crippen molar-refractivity contribution in [2.24, 2.45) is 5.92 Å². The molecule has 156 valence electrons. The molecule has 1 aromatic rings. The van der Waals surface area contributed by atoms with E-state index in [9.17, 15) is 14.4 Å². The average molecular weight is 462 g/mol. The molecule has 0 radical (unpaired) electrons. The fourth-order valence-corrected chi connectivity index (χ4v) is 5.11. The molecule has 2 saturated carbocycles. The Labute approximate surface area is 179 Å². The van der Waals surface area contributed by atoms with E-state index in [4.69, 9.17) is 0 Å². The highest BCUT2D eigenvalue weighted by Crippen LogP contribution is 2.42. The number of urea groups is 1. The van der Waals surface area contributed by atoms with E-state index in [1.54, 1.807) is 6.92 Å². The maximum absolute atomic E-state index is 12.9. The van der Waals surface area contributed by atoms with Gasteiger partial charge in [-0.25, -0.2) is 4.79 Å². The SMILES string of the molecule is CC1(C2CC2)NC(=O)N(CC(=O)NC2(Cc3ccc(Br)cc3)CCCCC2)C1=O. The Balaban J connectivity index is 1.45. The Bertz CT molecular complexity index is 815. The van der Waals surface area contributed by atoms with Crippen LogP contribution < -0.4 is 10.6 Å². The zero-order chi connectivity index (χ0) is 20.6. The van der Waals surface area contributed by atoms with Crippen LogP contribution in [0.1, 0.15) is 57.4 Å². The molecular formula is C22H28BrN3O3. The van der Waals surface area contributed by atoms with Gasteiger partial charge in [0.05, 0.1) is 0 Å². The summed E-state index contributed by atoms with van der Waals surface area (Å²) in [5.74, 6) is -0.340. The number of carbonyl (C=O) groups is 3. The lowest BCUT2D eigenvalue weighted by Gasteiger charge is -2.39. The summed E-state index contributed by atoms with van der Waals surface area (Å²) in [7, 11) is 0. The molecule has 1 aliphatic heterocycles. The summed E-state index contributed by atoms with van der Waals surface area (Å²) >= 11 is 3.46. The van der Waals surface area contributed by atoms with E-state index >= 15 is 0 Å². The number of carbonyl (C=O) groups excluding carboxylic acids is 3. The van der Waals surface area contributed by atoms with Crippen molar-refractivity contribution in [3.05, 3.63) is 34.3 Å². The van der Waals surface area contributed by atoms with Crippen molar-refractivity contribution in [3.63, 3.8) is 0 Å². The van der Waals surface area contributed by atoms with Gasteiger partial charge in [-0.3, -0.25) is 14.5 Å². The van der Waals surface area contributed by atoms with Gasteiger partial charge in [0.1, 0.15) is 12.1 Å². The minimum absolute atomic E-state index is 0.189. The first-order valence-electron chi connectivity index (χ1n) is 10.5. The van der Waals surface area contributed by atoms with Gasteiger partial charge in [0.15, 0.2) is 0 Å². The van der Waals surface area contributed by atoms with Gasteiger partial charge >= 0.3 is 6.03 Å². The summed E-state index contributed by atoms with van der Waals surface area (Å²) < 4.78 is 1.03. The predicted molar refractivity (Wildman–Crippen MR) is 113 cm³/mol. The summed E-state index contributed by atoms with van der Waals surface area (Å²) in [5.41, 5.74) is 0.00573. The third kappa shape index (κ3) is 4.20. The average Bonchev–Trinajstić information content (AvgIpc) is 3.51. The molecule has 3 fully saturated rings. The van der Waals surface area contributed by atoms with Crippen molar-refractivity contribution in [3.8, 4) is 0 Å². The van der Waals surface area contributed by atoms with Crippen LogP contribution in [0.15, 0.2) is 28.7 Å². The van der Waals surface area contributed by atoms with Gasteiger partial charge in [-0.05, 0) is 62.6 Å². The monoisotopic (exact) mass is 461 g/mol. The Morgan fingerprint density at radius 3 is 2.45 bits per heavy atom. The summed E-state index contributed by atoms with van der Waals surface area (Å²) in [6.07, 6.45) is 7.78. The summed E-state index contributed by atoms with van der Waals surface area (Å²) in [4.78, 5) is 39.2. The van der Waals surface area contributed by atoms with E-state index in [1.807, 2.05) is 12.1 Å². The molecule has 2 N–H and O–H groups in total. The Kier molecular flexibility index (Phi) is 5.44. The molecule has 1 atom stereocenters. The highest BCUT2D eigenvalue weighted by atomic mass is 79.9. The lowest BCUT2D eigenvalue weighted by atomic mass is 9.77. The largest absolute Gasteiger partial charge is 0.349 e. The van der Waals surface area contributed by atoms with Crippen LogP contribution >= 0.6 is 15.9 Å². The second-order valence-electron chi connectivity index (χ2n) is 8.99. The zero-order valence-corrected chi connectivity index (χ0v) is 18.4. The molecular weight excluding hydrogens is 434 g/mol. The molecule has 2 aliphatic carbocycles. The van der Waals surface area contributed by atoms with E-state index < -0.39 is 11.6 Å². The molecule has 4 amide bonds. The first-order valence-corrected chi connectivity index (χ1v) is 11.3. The van der Waals surface area contributed by atoms with Crippen LogP contribution in [0.3, 0.4) is 0 Å². The minimum Gasteiger partial charge on any atom is -0.349 e. The van der Waals surface area contributed by atoms with Gasteiger partial charge in [-0.1, -0.05) is 47.3 Å². The van der Waals surface area contributed by atoms with Crippen LogP contribution in [0.2, 0.25) is 0 Å². The number of amides is 4. The van der Waals surface area contributed by atoms with Crippen molar-refractivity contribution in [2.75, 3.05) is 6.54 Å². The highest BCUT2D eigenvalue weighted by Gasteiger charge is 2.56. The van der Waals surface area contributed by atoms with Crippen LogP contribution in [-0.2, 0) is 16.0 Å². The van der Waals surface area contributed by atoms with Crippen molar-refractivity contribution in [2.45, 2.75) is 69.4 Å². The standard InChI is InChI=1S/C22H28BrN3O3/c1-21(16-7-8-16)19(28)26(20(29)25-21)14-18(27)24-22(11-3-2-4-12-22)13-15-5-9-17(23)10-6-15/h5-6,9-10,16H,2-4,7-8,11-14H2,1H3,(H,24,27)(H,25,29). The molecule has 0 spiro atoms. The van der Waals surface area contributed by atoms with Gasteiger partial charge in [-0.2, -0.15) is 0 Å². The molecule has 1 aromatic carbocycles. The van der Waals surface area contributed by atoms with Crippen LogP contribution in [0.4, 0.5) is 4.79 Å². The van der Waals surface area contributed by atoms with Crippen molar-refractivity contribution >= 4 is 33.8 Å². The fourth-order valence-electron chi connectivity index (χ4n) is 4.84. The first-order chi connectivity index (χ1) is 13.8. The molecule has 3 aliphatic rings. The third-order valence-corrected chi connectivity index (χ3v) is 7.20. The van der Waals surface area contributed by atoms with Crippen molar-refractivity contribution in [1.29, 1.82) is 0 Å². The smallest absolute Gasteiger partial charge is 0.325 e. The molecule has 7 heteroatoms. The van der Waals surface area contributed by atoms with E-state index in [0.717, 1.165) is 54.3 Å². The highest BCUT2D eigenvalue weighted by molar-refractivity contribution is 9.10. The maximum Gasteiger partial charge on any atom is 0.325 e. The lowest BCUT2D eigenvalue weighted by Crippen LogP contribution is -2.54. The first kappa shape index (κ1) is 20.4. The lowest BCUT2D eigenvalue weighted by molar-refractivity contribution is -0.135. The van der Waals surface area contributed by atoms with Gasteiger partial charge in [0.25, 0.3) is 5.91 Å². The van der Waals surface area contributed by atoms with E-state index in [-0.39, 0.29) is 29.8 Å². The van der Waals surface area contributed by atoms with E-state index in [2.05, 4.69) is 38.7 Å². The number of benzene rings is 1. The van der Waals surface area contributed by atoms with E-state index in [1.165, 1.54) is 12.0 Å². The Hall–Kier alpha value is -1.89. The number of imide groups is 1. The predicted octanol–water partition coefficient (Wildman–Crippen LogP) is 3.53. The fraction of sp³-hybridized carbons (Fsp3) is 0.591. The molecule has 1 saturated heterocycles. The van der Waals surface area contributed by atoms with Gasteiger partial charge in [-0.15, -0.1) is 0 Å². The second kappa shape index (κ2) is 7.74. The quantitative estimate of drug-likeness (QED) is 0.635. The van der Waals surface area contributed by atoms with Gasteiger partial charge < -0.3 is 10.6 Å². The summed E-state index contributed by atoms with van der Waals surface area (Å²) in [6, 6.07) is 7.72. The minimum atomic E-state index is -0.850. The maximum atomic E-state index is 12.9. The normalized spacial score (nSPS) is 26.3. The molecule has 29 heavy (non-hydrogen) atoms. The molecule has 1 heterocycles. The molecule has 0 aromatic heterocycles. The molecule has 6 nitrogen and oxygen atoms in total. The Morgan fingerprint density at radius 2 is 1.83 bits per heavy atom. The number of hydrogen-bond donors (Lipinski definition) is 2. The summed E-state index contributed by atoms with van der Waals surface area (Å²) in [6.45, 7) is 1.56. The number of nitrogens with one attached hydrogen (secondary N) is 2. The van der Waals surface area contributed by atoms with Crippen LogP contribution in [0.25, 0.3) is 0 Å². The number of halogens is 1. The van der Waals surface area contributed by atoms with Crippen LogP contribution in [-0.4, -0.2) is 40.4 Å². The van der Waals surface area contributed by atoms with Crippen molar-refractivity contribution < 1.29 is 14.4 Å². The number of rotatable bonds is 6. The van der Waals surface area contributed by atoms with Gasteiger partial charge in [0.2, 0.25) is 5.91 Å². The zero-order valence-electron chi connectivity index (χ0n) is 16.8. The van der Waals surface area contributed by atoms with Crippen LogP contribution in [0.5, 0.6) is 0 Å². The number of hydrogen-bond acceptors (Lipinski definition) is 3. The topological polar surface area (TPSA) is 78.5 Å². The molecule has 4 rings (SSSR count). The molecule has 0 bridgehead atoms. The summed E-state index contributed by atoms with van der Waals surface area (Å²) in [5, 5.41) is 6.02. The van der Waals surface area contributed by atoms with E-state index in [0.29, 0.717) is 0 Å². The number of nitrogens with zero attached hydrogens (tertiary/aromatic N) is 1. The van der Waals surface area contributed by atoms with Crippen LogP contribution in [0, 0.1) is 5.92 Å². The third-order valence-electron chi connectivity index (χ3n) is 6.67. The molecule has 1 unspecified atom stereocenters.